The van der Waals surface area contributed by atoms with Crippen LogP contribution in [-0.2, 0) is 6.54 Å². The number of aromatic carboxylic acids is 1. The molecule has 1 aromatic rings. The zero-order chi connectivity index (χ0) is 10.8. The molecule has 5 heteroatoms. The Labute approximate surface area is 88.3 Å². The SMILES string of the molecule is CN1CCC[C@H]1Cn1cc(C(=O)O)cn1. The number of carboxylic acids is 1. The predicted molar refractivity (Wildman–Crippen MR) is 54.8 cm³/mol. The molecule has 2 heterocycles. The molecule has 1 aliphatic heterocycles. The number of hydrogen-bond donors (Lipinski definition) is 1. The van der Waals surface area contributed by atoms with Gasteiger partial charge in [0.25, 0.3) is 0 Å². The molecule has 15 heavy (non-hydrogen) atoms. The van der Waals surface area contributed by atoms with E-state index in [1.807, 2.05) is 0 Å². The predicted octanol–water partition coefficient (Wildman–Crippen LogP) is 0.675. The minimum Gasteiger partial charge on any atom is -0.478 e. The Morgan fingerprint density at radius 2 is 2.53 bits per heavy atom. The fourth-order valence-corrected chi connectivity index (χ4v) is 2.00. The van der Waals surface area contributed by atoms with Crippen molar-refractivity contribution in [2.75, 3.05) is 13.6 Å². The molecule has 2 rings (SSSR count). The quantitative estimate of drug-likeness (QED) is 0.795. The Hall–Kier alpha value is -1.36. The van der Waals surface area contributed by atoms with E-state index in [1.165, 1.54) is 19.0 Å². The second-order valence-electron chi connectivity index (χ2n) is 4.03. The molecule has 1 N–H and O–H groups in total. The van der Waals surface area contributed by atoms with Crippen LogP contribution in [-0.4, -0.2) is 45.4 Å². The Bertz CT molecular complexity index is 361. The van der Waals surface area contributed by atoms with Crippen molar-refractivity contribution in [3.05, 3.63) is 18.0 Å². The van der Waals surface area contributed by atoms with Crippen LogP contribution in [0.1, 0.15) is 23.2 Å². The standard InChI is InChI=1S/C10H15N3O2/c1-12-4-2-3-9(12)7-13-6-8(5-11-13)10(14)15/h5-6,9H,2-4,7H2,1H3,(H,14,15)/t9-/m0/s1. The molecule has 1 aliphatic rings. The highest BCUT2D eigenvalue weighted by Crippen LogP contribution is 2.16. The van der Waals surface area contributed by atoms with Crippen molar-refractivity contribution in [1.29, 1.82) is 0 Å². The lowest BCUT2D eigenvalue weighted by Crippen LogP contribution is -2.29. The number of aromatic nitrogens is 2. The molecular weight excluding hydrogens is 194 g/mol. The minimum atomic E-state index is -0.916. The summed E-state index contributed by atoms with van der Waals surface area (Å²) in [6, 6.07) is 0.492. The number of rotatable bonds is 3. The van der Waals surface area contributed by atoms with Gasteiger partial charge < -0.3 is 10.0 Å². The summed E-state index contributed by atoms with van der Waals surface area (Å²) in [6.07, 6.45) is 5.37. The molecule has 0 unspecified atom stereocenters. The first-order chi connectivity index (χ1) is 7.16. The number of carboxylic acid groups (broad SMARTS) is 1. The summed E-state index contributed by atoms with van der Waals surface area (Å²) in [6.45, 7) is 1.90. The smallest absolute Gasteiger partial charge is 0.338 e. The van der Waals surface area contributed by atoms with Crippen LogP contribution in [0.4, 0.5) is 0 Å². The molecule has 1 fully saturated rings. The zero-order valence-corrected chi connectivity index (χ0v) is 8.76. The highest BCUT2D eigenvalue weighted by molar-refractivity contribution is 5.86. The third-order valence-electron chi connectivity index (χ3n) is 2.95. The second-order valence-corrected chi connectivity index (χ2v) is 4.03. The van der Waals surface area contributed by atoms with Gasteiger partial charge >= 0.3 is 5.97 Å². The van der Waals surface area contributed by atoms with Crippen LogP contribution in [0.5, 0.6) is 0 Å². The Balaban J connectivity index is 2.01. The van der Waals surface area contributed by atoms with Crippen molar-refractivity contribution in [2.24, 2.45) is 0 Å². The fraction of sp³-hybridized carbons (Fsp3) is 0.600. The molecule has 1 aromatic heterocycles. The summed E-state index contributed by atoms with van der Waals surface area (Å²) in [5, 5.41) is 12.8. The van der Waals surface area contributed by atoms with Crippen molar-refractivity contribution in [3.8, 4) is 0 Å². The number of likely N-dealkylation sites (tertiary alicyclic amines) is 1. The van der Waals surface area contributed by atoms with Crippen LogP contribution in [0, 0.1) is 0 Å². The van der Waals surface area contributed by atoms with Crippen molar-refractivity contribution >= 4 is 5.97 Å². The van der Waals surface area contributed by atoms with Crippen molar-refractivity contribution in [2.45, 2.75) is 25.4 Å². The van der Waals surface area contributed by atoms with Crippen molar-refractivity contribution in [1.82, 2.24) is 14.7 Å². The van der Waals surface area contributed by atoms with Gasteiger partial charge in [0.1, 0.15) is 0 Å². The maximum Gasteiger partial charge on any atom is 0.338 e. The van der Waals surface area contributed by atoms with Crippen LogP contribution in [0.2, 0.25) is 0 Å². The Kier molecular flexibility index (Phi) is 2.73. The van der Waals surface area contributed by atoms with Gasteiger partial charge in [-0.25, -0.2) is 4.79 Å². The first-order valence-corrected chi connectivity index (χ1v) is 5.13. The summed E-state index contributed by atoms with van der Waals surface area (Å²) in [5.41, 5.74) is 0.260. The average molecular weight is 209 g/mol. The van der Waals surface area contributed by atoms with Gasteiger partial charge in [-0.3, -0.25) is 4.68 Å². The maximum atomic E-state index is 10.7. The van der Waals surface area contributed by atoms with Gasteiger partial charge in [0.15, 0.2) is 0 Å². The average Bonchev–Trinajstić information content (AvgIpc) is 2.77. The first kappa shape index (κ1) is 10.2. The van der Waals surface area contributed by atoms with Crippen LogP contribution in [0.25, 0.3) is 0 Å². The highest BCUT2D eigenvalue weighted by Gasteiger charge is 2.21. The summed E-state index contributed by atoms with van der Waals surface area (Å²) in [4.78, 5) is 12.9. The molecule has 0 spiro atoms. The maximum absolute atomic E-state index is 10.7. The monoisotopic (exact) mass is 209 g/mol. The van der Waals surface area contributed by atoms with Crippen LogP contribution in [0.3, 0.4) is 0 Å². The van der Waals surface area contributed by atoms with Gasteiger partial charge in [0, 0.05) is 12.2 Å². The van der Waals surface area contributed by atoms with E-state index >= 15 is 0 Å². The molecule has 0 amide bonds. The molecule has 0 bridgehead atoms. The van der Waals surface area contributed by atoms with E-state index < -0.39 is 5.97 Å². The molecule has 0 radical (unpaired) electrons. The number of hydrogen-bond acceptors (Lipinski definition) is 3. The number of likely N-dealkylation sites (N-methyl/N-ethyl adjacent to an activating group) is 1. The van der Waals surface area contributed by atoms with E-state index in [2.05, 4.69) is 17.0 Å². The van der Waals surface area contributed by atoms with E-state index in [-0.39, 0.29) is 5.56 Å². The molecule has 82 valence electrons. The molecular formula is C10H15N3O2. The van der Waals surface area contributed by atoms with Gasteiger partial charge in [0.2, 0.25) is 0 Å². The molecule has 5 nitrogen and oxygen atoms in total. The third-order valence-corrected chi connectivity index (χ3v) is 2.95. The largest absolute Gasteiger partial charge is 0.478 e. The molecule has 0 aliphatic carbocycles. The van der Waals surface area contributed by atoms with Gasteiger partial charge in [-0.15, -0.1) is 0 Å². The van der Waals surface area contributed by atoms with E-state index in [0.29, 0.717) is 6.04 Å². The summed E-state index contributed by atoms with van der Waals surface area (Å²) < 4.78 is 1.72. The van der Waals surface area contributed by atoms with E-state index in [9.17, 15) is 4.79 Å². The van der Waals surface area contributed by atoms with Crippen LogP contribution >= 0.6 is 0 Å². The van der Waals surface area contributed by atoms with Gasteiger partial charge in [0.05, 0.1) is 18.3 Å². The normalized spacial score (nSPS) is 22.1. The number of carbonyl (C=O) groups is 1. The molecule has 0 saturated carbocycles. The molecule has 1 saturated heterocycles. The van der Waals surface area contributed by atoms with Crippen molar-refractivity contribution < 1.29 is 9.90 Å². The van der Waals surface area contributed by atoms with Gasteiger partial charge in [-0.2, -0.15) is 5.10 Å². The van der Waals surface area contributed by atoms with Crippen LogP contribution < -0.4 is 0 Å². The third kappa shape index (κ3) is 2.18. The lowest BCUT2D eigenvalue weighted by molar-refractivity contribution is 0.0696. The summed E-state index contributed by atoms with van der Waals surface area (Å²) in [5.74, 6) is -0.916. The molecule has 0 aromatic carbocycles. The van der Waals surface area contributed by atoms with Gasteiger partial charge in [-0.1, -0.05) is 0 Å². The van der Waals surface area contributed by atoms with E-state index in [4.69, 9.17) is 5.11 Å². The number of nitrogens with zero attached hydrogens (tertiary/aromatic N) is 3. The van der Waals surface area contributed by atoms with Gasteiger partial charge in [-0.05, 0) is 26.4 Å². The minimum absolute atomic E-state index is 0.260. The summed E-state index contributed by atoms with van der Waals surface area (Å²) in [7, 11) is 2.10. The lowest BCUT2D eigenvalue weighted by Gasteiger charge is -2.18. The highest BCUT2D eigenvalue weighted by atomic mass is 16.4. The van der Waals surface area contributed by atoms with Crippen molar-refractivity contribution in [3.63, 3.8) is 0 Å². The van der Waals surface area contributed by atoms with E-state index in [1.54, 1.807) is 10.9 Å². The zero-order valence-electron chi connectivity index (χ0n) is 8.76. The fourth-order valence-electron chi connectivity index (χ4n) is 2.00. The lowest BCUT2D eigenvalue weighted by atomic mass is 10.2. The summed E-state index contributed by atoms with van der Waals surface area (Å²) >= 11 is 0. The Morgan fingerprint density at radius 3 is 3.07 bits per heavy atom. The topological polar surface area (TPSA) is 58.4 Å². The second kappa shape index (κ2) is 4.02. The molecule has 1 atom stereocenters. The van der Waals surface area contributed by atoms with Crippen LogP contribution in [0.15, 0.2) is 12.4 Å². The van der Waals surface area contributed by atoms with E-state index in [0.717, 1.165) is 13.1 Å². The first-order valence-electron chi connectivity index (χ1n) is 5.13. The Morgan fingerprint density at radius 1 is 1.73 bits per heavy atom.